The van der Waals surface area contributed by atoms with Gasteiger partial charge in [0.05, 0.1) is 0 Å². The number of alkyl halides is 3. The van der Waals surface area contributed by atoms with Gasteiger partial charge in [0, 0.05) is 12.6 Å². The molecule has 0 bridgehead atoms. The second-order valence-electron chi connectivity index (χ2n) is 6.85. The van der Waals surface area contributed by atoms with E-state index >= 15 is 0 Å². The Hall–Kier alpha value is -2.64. The first-order chi connectivity index (χ1) is 13.0. The second kappa shape index (κ2) is 7.17. The van der Waals surface area contributed by atoms with Gasteiger partial charge in [-0.05, 0) is 49.8 Å². The Morgan fingerprint density at radius 3 is 2.59 bits per heavy atom. The normalized spacial score (nSPS) is 18.2. The van der Waals surface area contributed by atoms with E-state index in [4.69, 9.17) is 0 Å². The van der Waals surface area contributed by atoms with Crippen molar-refractivity contribution in [1.82, 2.24) is 19.8 Å². The molecule has 1 aromatic carbocycles. The Kier molecular flexibility index (Phi) is 4.72. The van der Waals surface area contributed by atoms with Gasteiger partial charge in [-0.3, -0.25) is 0 Å². The highest BCUT2D eigenvalue weighted by atomic mass is 19.4. The molecule has 0 spiro atoms. The van der Waals surface area contributed by atoms with Crippen molar-refractivity contribution < 1.29 is 13.2 Å². The first kappa shape index (κ1) is 17.8. The Balaban J connectivity index is 1.59. The van der Waals surface area contributed by atoms with Gasteiger partial charge in [0.1, 0.15) is 5.82 Å². The lowest BCUT2D eigenvalue weighted by Crippen LogP contribution is -2.40. The highest BCUT2D eigenvalue weighted by Crippen LogP contribution is 2.30. The van der Waals surface area contributed by atoms with Gasteiger partial charge in [0.25, 0.3) is 5.82 Å². The highest BCUT2D eigenvalue weighted by molar-refractivity contribution is 5.47. The van der Waals surface area contributed by atoms with Crippen molar-refractivity contribution in [3.05, 3.63) is 53.9 Å². The summed E-state index contributed by atoms with van der Waals surface area (Å²) >= 11 is 0. The van der Waals surface area contributed by atoms with Crippen molar-refractivity contribution in [1.29, 1.82) is 0 Å². The van der Waals surface area contributed by atoms with E-state index in [1.807, 2.05) is 18.2 Å². The molecule has 142 valence electrons. The summed E-state index contributed by atoms with van der Waals surface area (Å²) in [7, 11) is 0. The lowest BCUT2D eigenvalue weighted by molar-refractivity contribution is -0.146. The smallest absolute Gasteiger partial charge is 0.352 e. The Morgan fingerprint density at radius 1 is 1.00 bits per heavy atom. The average Bonchev–Trinajstić information content (AvgIpc) is 3.11. The Labute approximate surface area is 154 Å². The van der Waals surface area contributed by atoms with Crippen LogP contribution in [0.3, 0.4) is 0 Å². The van der Waals surface area contributed by atoms with Crippen LogP contribution in [0.15, 0.2) is 42.5 Å². The summed E-state index contributed by atoms with van der Waals surface area (Å²) in [6, 6.07) is 13.8. The lowest BCUT2D eigenvalue weighted by atomic mass is 9.96. The molecule has 0 aliphatic carbocycles. The monoisotopic (exact) mass is 375 g/mol. The molecule has 8 heteroatoms. The first-order valence-electron chi connectivity index (χ1n) is 9.12. The van der Waals surface area contributed by atoms with E-state index in [1.165, 1.54) is 5.56 Å². The fraction of sp³-hybridized carbons (Fsp3) is 0.421. The molecular weight excluding hydrogens is 355 g/mol. The molecule has 1 fully saturated rings. The summed E-state index contributed by atoms with van der Waals surface area (Å²) in [4.78, 5) is 2.13. The Bertz CT molecular complexity index is 907. The molecule has 0 N–H and O–H groups in total. The summed E-state index contributed by atoms with van der Waals surface area (Å²) in [5, 5.41) is 11.1. The maximum absolute atomic E-state index is 13.1. The zero-order valence-electron chi connectivity index (χ0n) is 14.7. The number of hydrogen-bond donors (Lipinski definition) is 0. The fourth-order valence-electron chi connectivity index (χ4n) is 3.69. The van der Waals surface area contributed by atoms with Gasteiger partial charge in [0.2, 0.25) is 0 Å². The van der Waals surface area contributed by atoms with Gasteiger partial charge < -0.3 is 4.90 Å². The number of rotatable bonds is 4. The maximum Gasteiger partial charge on any atom is 0.453 e. The molecule has 2 aromatic heterocycles. The van der Waals surface area contributed by atoms with E-state index in [0.717, 1.165) is 43.2 Å². The number of aryl methyl sites for hydroxylation is 1. The summed E-state index contributed by atoms with van der Waals surface area (Å²) in [6.45, 7) is 0.793. The molecule has 0 radical (unpaired) electrons. The van der Waals surface area contributed by atoms with E-state index in [9.17, 15) is 13.2 Å². The standard InChI is InChI=1S/C19H20F3N5/c20-19(21,22)18-24-23-16-11-12-17(25-27(16)18)26-13-5-4-8-15(26)10-9-14-6-2-1-3-7-14/h1-3,6-7,11-12,15H,4-5,8-10,13H2. The van der Waals surface area contributed by atoms with Gasteiger partial charge >= 0.3 is 6.18 Å². The van der Waals surface area contributed by atoms with Crippen LogP contribution in [-0.2, 0) is 12.6 Å². The molecular formula is C19H20F3N5. The average molecular weight is 375 g/mol. The minimum absolute atomic E-state index is 0.101. The molecule has 3 aromatic rings. The van der Waals surface area contributed by atoms with Crippen molar-refractivity contribution in [2.45, 2.75) is 44.3 Å². The predicted molar refractivity (Wildman–Crippen MR) is 95.5 cm³/mol. The van der Waals surface area contributed by atoms with Crippen molar-refractivity contribution in [2.75, 3.05) is 11.4 Å². The number of aromatic nitrogens is 4. The number of anilines is 1. The molecule has 0 amide bonds. The highest BCUT2D eigenvalue weighted by Gasteiger charge is 2.38. The maximum atomic E-state index is 13.1. The lowest BCUT2D eigenvalue weighted by Gasteiger charge is -2.36. The van der Waals surface area contributed by atoms with Crippen LogP contribution < -0.4 is 4.90 Å². The van der Waals surface area contributed by atoms with Crippen LogP contribution in [0.1, 0.15) is 37.1 Å². The summed E-state index contributed by atoms with van der Waals surface area (Å²) in [5.41, 5.74) is 1.37. The zero-order chi connectivity index (χ0) is 18.9. The van der Waals surface area contributed by atoms with Crippen molar-refractivity contribution in [2.24, 2.45) is 0 Å². The number of fused-ring (bicyclic) bond motifs is 1. The van der Waals surface area contributed by atoms with Gasteiger partial charge in [-0.15, -0.1) is 15.3 Å². The molecule has 27 heavy (non-hydrogen) atoms. The summed E-state index contributed by atoms with van der Waals surface area (Å²) in [6.07, 6.45) is 0.442. The molecule has 1 aliphatic heterocycles. The van der Waals surface area contributed by atoms with E-state index in [-0.39, 0.29) is 11.7 Å². The Morgan fingerprint density at radius 2 is 1.81 bits per heavy atom. The van der Waals surface area contributed by atoms with E-state index < -0.39 is 12.0 Å². The third-order valence-corrected chi connectivity index (χ3v) is 5.03. The van der Waals surface area contributed by atoms with Crippen LogP contribution in [0.5, 0.6) is 0 Å². The van der Waals surface area contributed by atoms with Crippen LogP contribution in [0.25, 0.3) is 5.65 Å². The van der Waals surface area contributed by atoms with Crippen LogP contribution in [0.4, 0.5) is 19.0 Å². The number of halogens is 3. The molecule has 1 atom stereocenters. The SMILES string of the molecule is FC(F)(F)c1nnc2ccc(N3CCCCC3CCc3ccccc3)nn12. The molecule has 5 nitrogen and oxygen atoms in total. The molecule has 3 heterocycles. The molecule has 1 unspecified atom stereocenters. The molecule has 1 saturated heterocycles. The third kappa shape index (κ3) is 3.74. The predicted octanol–water partition coefficient (Wildman–Crippen LogP) is 4.13. The fourth-order valence-corrected chi connectivity index (χ4v) is 3.69. The number of piperidine rings is 1. The van der Waals surface area contributed by atoms with E-state index in [2.05, 4.69) is 32.3 Å². The van der Waals surface area contributed by atoms with E-state index in [1.54, 1.807) is 12.1 Å². The topological polar surface area (TPSA) is 46.3 Å². The van der Waals surface area contributed by atoms with Crippen molar-refractivity contribution in [3.8, 4) is 0 Å². The first-order valence-corrected chi connectivity index (χ1v) is 9.12. The van der Waals surface area contributed by atoms with Crippen LogP contribution in [0.2, 0.25) is 0 Å². The summed E-state index contributed by atoms with van der Waals surface area (Å²) < 4.78 is 40.2. The van der Waals surface area contributed by atoms with Crippen LogP contribution in [-0.4, -0.2) is 32.4 Å². The number of benzene rings is 1. The number of nitrogens with zero attached hydrogens (tertiary/aromatic N) is 5. The largest absolute Gasteiger partial charge is 0.453 e. The molecule has 0 saturated carbocycles. The van der Waals surface area contributed by atoms with E-state index in [0.29, 0.717) is 5.82 Å². The van der Waals surface area contributed by atoms with Crippen molar-refractivity contribution in [3.63, 3.8) is 0 Å². The van der Waals surface area contributed by atoms with Crippen LogP contribution >= 0.6 is 0 Å². The second-order valence-corrected chi connectivity index (χ2v) is 6.85. The minimum atomic E-state index is -4.58. The quantitative estimate of drug-likeness (QED) is 0.688. The zero-order valence-corrected chi connectivity index (χ0v) is 14.7. The van der Waals surface area contributed by atoms with Gasteiger partial charge in [-0.1, -0.05) is 30.3 Å². The van der Waals surface area contributed by atoms with Gasteiger partial charge in [0.15, 0.2) is 5.65 Å². The minimum Gasteiger partial charge on any atom is -0.352 e. The summed E-state index contributed by atoms with van der Waals surface area (Å²) in [5.74, 6) is -0.539. The third-order valence-electron chi connectivity index (χ3n) is 5.03. The molecule has 4 rings (SSSR count). The molecule has 1 aliphatic rings. The number of hydrogen-bond acceptors (Lipinski definition) is 4. The van der Waals surface area contributed by atoms with Crippen LogP contribution in [0, 0.1) is 0 Å². The van der Waals surface area contributed by atoms with Gasteiger partial charge in [-0.2, -0.15) is 17.7 Å². The van der Waals surface area contributed by atoms with Gasteiger partial charge in [-0.25, -0.2) is 0 Å². The van der Waals surface area contributed by atoms with Crippen molar-refractivity contribution >= 4 is 11.5 Å².